The van der Waals surface area contributed by atoms with E-state index in [0.717, 1.165) is 22.6 Å². The highest BCUT2D eigenvalue weighted by Gasteiger charge is 2.19. The van der Waals surface area contributed by atoms with Crippen LogP contribution in [0, 0.1) is 6.92 Å². The summed E-state index contributed by atoms with van der Waals surface area (Å²) in [5, 5.41) is 3.42. The maximum Gasteiger partial charge on any atom is 0.350 e. The minimum absolute atomic E-state index is 0.302. The fraction of sp³-hybridized carbons (Fsp3) is 0.385. The van der Waals surface area contributed by atoms with Crippen molar-refractivity contribution in [2.75, 3.05) is 11.9 Å². The number of nitrogens with one attached hydrogen (secondary N) is 1. The SMILES string of the molecule is CCOC(=O)c1sc(NC(=O)c2ncc(CC)s2)nc1C. The van der Waals surface area contributed by atoms with E-state index in [1.807, 2.05) is 6.92 Å². The van der Waals surface area contributed by atoms with E-state index >= 15 is 0 Å². The molecule has 0 aliphatic heterocycles. The van der Waals surface area contributed by atoms with E-state index in [2.05, 4.69) is 15.3 Å². The Hall–Kier alpha value is -1.80. The Morgan fingerprint density at radius 1 is 1.33 bits per heavy atom. The van der Waals surface area contributed by atoms with Crippen molar-refractivity contribution >= 4 is 39.7 Å². The summed E-state index contributed by atoms with van der Waals surface area (Å²) in [5.41, 5.74) is 0.544. The number of hydrogen-bond donors (Lipinski definition) is 1. The van der Waals surface area contributed by atoms with Crippen LogP contribution in [0.3, 0.4) is 0 Å². The molecule has 0 bridgehead atoms. The van der Waals surface area contributed by atoms with E-state index < -0.39 is 5.97 Å². The van der Waals surface area contributed by atoms with Crippen molar-refractivity contribution in [2.24, 2.45) is 0 Å². The zero-order valence-corrected chi connectivity index (χ0v) is 13.6. The van der Waals surface area contributed by atoms with Gasteiger partial charge < -0.3 is 4.74 Å². The van der Waals surface area contributed by atoms with Gasteiger partial charge in [-0.2, -0.15) is 0 Å². The number of rotatable bonds is 5. The smallest absolute Gasteiger partial charge is 0.350 e. The zero-order valence-electron chi connectivity index (χ0n) is 11.9. The van der Waals surface area contributed by atoms with Gasteiger partial charge in [-0.05, 0) is 20.3 Å². The molecule has 2 aromatic rings. The molecule has 0 saturated heterocycles. The molecule has 0 aliphatic carbocycles. The fourth-order valence-electron chi connectivity index (χ4n) is 1.56. The van der Waals surface area contributed by atoms with Crippen molar-refractivity contribution in [1.82, 2.24) is 9.97 Å². The van der Waals surface area contributed by atoms with Gasteiger partial charge in [-0.25, -0.2) is 14.8 Å². The monoisotopic (exact) mass is 325 g/mol. The molecular weight excluding hydrogens is 310 g/mol. The molecule has 0 spiro atoms. The van der Waals surface area contributed by atoms with Crippen LogP contribution >= 0.6 is 22.7 Å². The first-order valence-electron chi connectivity index (χ1n) is 6.45. The van der Waals surface area contributed by atoms with Crippen molar-refractivity contribution in [1.29, 1.82) is 0 Å². The van der Waals surface area contributed by atoms with Gasteiger partial charge in [0, 0.05) is 11.1 Å². The van der Waals surface area contributed by atoms with Crippen molar-refractivity contribution in [3.63, 3.8) is 0 Å². The lowest BCUT2D eigenvalue weighted by Crippen LogP contribution is -2.11. The molecule has 0 atom stereocenters. The van der Waals surface area contributed by atoms with Gasteiger partial charge in [0.25, 0.3) is 5.91 Å². The Morgan fingerprint density at radius 3 is 2.71 bits per heavy atom. The lowest BCUT2D eigenvalue weighted by molar-refractivity contribution is 0.0531. The highest BCUT2D eigenvalue weighted by Crippen LogP contribution is 2.24. The largest absolute Gasteiger partial charge is 0.462 e. The van der Waals surface area contributed by atoms with E-state index in [1.165, 1.54) is 11.3 Å². The molecule has 112 valence electrons. The summed E-state index contributed by atoms with van der Waals surface area (Å²) in [4.78, 5) is 33.4. The summed E-state index contributed by atoms with van der Waals surface area (Å²) < 4.78 is 4.94. The quantitative estimate of drug-likeness (QED) is 0.855. The summed E-state index contributed by atoms with van der Waals surface area (Å²) in [7, 11) is 0. The van der Waals surface area contributed by atoms with E-state index in [0.29, 0.717) is 27.3 Å². The number of anilines is 1. The zero-order chi connectivity index (χ0) is 15.4. The summed E-state index contributed by atoms with van der Waals surface area (Å²) in [6.45, 7) is 5.75. The number of amides is 1. The van der Waals surface area contributed by atoms with Gasteiger partial charge in [0.05, 0.1) is 12.3 Å². The molecule has 0 saturated carbocycles. The third-order valence-corrected chi connectivity index (χ3v) is 4.77. The van der Waals surface area contributed by atoms with Gasteiger partial charge >= 0.3 is 5.97 Å². The molecule has 2 rings (SSSR count). The van der Waals surface area contributed by atoms with E-state index in [4.69, 9.17) is 4.74 Å². The number of esters is 1. The number of thiazole rings is 2. The molecule has 1 amide bonds. The molecule has 8 heteroatoms. The molecule has 21 heavy (non-hydrogen) atoms. The highest BCUT2D eigenvalue weighted by atomic mass is 32.1. The number of nitrogens with zero attached hydrogens (tertiary/aromatic N) is 2. The van der Waals surface area contributed by atoms with Crippen LogP contribution in [0.2, 0.25) is 0 Å². The van der Waals surface area contributed by atoms with Gasteiger partial charge in [0.15, 0.2) is 10.1 Å². The van der Waals surface area contributed by atoms with Crippen LogP contribution in [0.5, 0.6) is 0 Å². The van der Waals surface area contributed by atoms with Gasteiger partial charge in [0.1, 0.15) is 4.88 Å². The third kappa shape index (κ3) is 3.64. The normalized spacial score (nSPS) is 10.4. The number of aryl methyl sites for hydroxylation is 2. The van der Waals surface area contributed by atoms with Crippen molar-refractivity contribution in [2.45, 2.75) is 27.2 Å². The second-order valence-electron chi connectivity index (χ2n) is 4.09. The number of ether oxygens (including phenoxy) is 1. The van der Waals surface area contributed by atoms with Gasteiger partial charge in [-0.15, -0.1) is 11.3 Å². The fourth-order valence-corrected chi connectivity index (χ4v) is 3.16. The molecule has 0 unspecified atom stereocenters. The Labute approximate surface area is 130 Å². The number of hydrogen-bond acceptors (Lipinski definition) is 7. The second kappa shape index (κ2) is 6.77. The summed E-state index contributed by atoms with van der Waals surface area (Å²) >= 11 is 2.45. The Bertz CT molecular complexity index is 663. The van der Waals surface area contributed by atoms with E-state index in [9.17, 15) is 9.59 Å². The molecule has 2 aromatic heterocycles. The lowest BCUT2D eigenvalue weighted by Gasteiger charge is -1.98. The van der Waals surface area contributed by atoms with Crippen LogP contribution in [0.1, 0.15) is 43.9 Å². The predicted molar refractivity (Wildman–Crippen MR) is 82.3 cm³/mol. The average molecular weight is 325 g/mol. The van der Waals surface area contributed by atoms with Gasteiger partial charge in [0.2, 0.25) is 0 Å². The van der Waals surface area contributed by atoms with Crippen LogP contribution in [-0.4, -0.2) is 28.5 Å². The summed E-state index contributed by atoms with van der Waals surface area (Å²) in [6, 6.07) is 0. The van der Waals surface area contributed by atoms with Gasteiger partial charge in [-0.3, -0.25) is 10.1 Å². The Morgan fingerprint density at radius 2 is 2.10 bits per heavy atom. The van der Waals surface area contributed by atoms with E-state index in [1.54, 1.807) is 20.0 Å². The Kier molecular flexibility index (Phi) is 5.03. The first-order chi connectivity index (χ1) is 10.0. The third-order valence-electron chi connectivity index (χ3n) is 2.57. The van der Waals surface area contributed by atoms with Crippen molar-refractivity contribution in [3.05, 3.63) is 26.7 Å². The molecule has 2 heterocycles. The number of carbonyl (C=O) groups excluding carboxylic acids is 2. The van der Waals surface area contributed by atoms with Crippen LogP contribution in [-0.2, 0) is 11.2 Å². The van der Waals surface area contributed by atoms with Crippen LogP contribution in [0.25, 0.3) is 0 Å². The molecule has 0 fully saturated rings. The summed E-state index contributed by atoms with van der Waals surface area (Å²) in [6.07, 6.45) is 2.53. The summed E-state index contributed by atoms with van der Waals surface area (Å²) in [5.74, 6) is -0.737. The molecular formula is C13H15N3O3S2. The maximum atomic E-state index is 12.0. The Balaban J connectivity index is 2.11. The highest BCUT2D eigenvalue weighted by molar-refractivity contribution is 7.18. The maximum absolute atomic E-state index is 12.0. The molecule has 0 aromatic carbocycles. The topological polar surface area (TPSA) is 81.2 Å². The number of carbonyl (C=O) groups is 2. The van der Waals surface area contributed by atoms with Crippen LogP contribution in [0.15, 0.2) is 6.20 Å². The van der Waals surface area contributed by atoms with E-state index in [-0.39, 0.29) is 5.91 Å². The minimum atomic E-state index is -0.421. The van der Waals surface area contributed by atoms with Crippen molar-refractivity contribution < 1.29 is 14.3 Å². The second-order valence-corrected chi connectivity index (χ2v) is 6.21. The van der Waals surface area contributed by atoms with Crippen molar-refractivity contribution in [3.8, 4) is 0 Å². The molecule has 1 N–H and O–H groups in total. The van der Waals surface area contributed by atoms with Gasteiger partial charge in [-0.1, -0.05) is 18.3 Å². The van der Waals surface area contributed by atoms with Crippen LogP contribution < -0.4 is 5.32 Å². The lowest BCUT2D eigenvalue weighted by atomic mass is 10.4. The standard InChI is InChI=1S/C13H15N3O3S2/c1-4-8-6-14-11(20-8)10(17)16-13-15-7(3)9(21-13)12(18)19-5-2/h6H,4-5H2,1-3H3,(H,15,16,17). The first-order valence-corrected chi connectivity index (χ1v) is 8.09. The molecule has 0 radical (unpaired) electrons. The molecule has 6 nitrogen and oxygen atoms in total. The predicted octanol–water partition coefficient (Wildman–Crippen LogP) is 2.90. The average Bonchev–Trinajstić information content (AvgIpc) is 3.05. The number of aromatic nitrogens is 2. The first kappa shape index (κ1) is 15.6. The van der Waals surface area contributed by atoms with Crippen LogP contribution in [0.4, 0.5) is 5.13 Å². The molecule has 0 aliphatic rings. The minimum Gasteiger partial charge on any atom is -0.462 e.